The average molecular weight is 288 g/mol. The lowest BCUT2D eigenvalue weighted by molar-refractivity contribution is -0.0668. The van der Waals surface area contributed by atoms with E-state index in [0.717, 1.165) is 0 Å². The number of carbonyl (C=O) groups is 1. The molecule has 6 heteroatoms. The second kappa shape index (κ2) is 5.86. The summed E-state index contributed by atoms with van der Waals surface area (Å²) in [5.41, 5.74) is -0.0575. The Hall–Kier alpha value is -1.17. The van der Waals surface area contributed by atoms with Crippen molar-refractivity contribution in [2.45, 2.75) is 19.1 Å². The van der Waals surface area contributed by atoms with Crippen molar-refractivity contribution >= 4 is 17.5 Å². The molecule has 104 valence electrons. The minimum atomic E-state index is -0.603. The predicted molar refractivity (Wildman–Crippen MR) is 68.7 cm³/mol. The summed E-state index contributed by atoms with van der Waals surface area (Å²) in [5.74, 6) is -1.04. The van der Waals surface area contributed by atoms with E-state index in [2.05, 4.69) is 0 Å². The van der Waals surface area contributed by atoms with Gasteiger partial charge in [-0.2, -0.15) is 0 Å². The predicted octanol–water partition coefficient (Wildman–Crippen LogP) is 1.70. The fourth-order valence-corrected chi connectivity index (χ4v) is 2.20. The zero-order valence-electron chi connectivity index (χ0n) is 10.5. The number of rotatable bonds is 2. The summed E-state index contributed by atoms with van der Waals surface area (Å²) in [7, 11) is 0. The number of aliphatic hydroxyl groups is 1. The van der Waals surface area contributed by atoms with Gasteiger partial charge in [0.2, 0.25) is 0 Å². The van der Waals surface area contributed by atoms with Gasteiger partial charge in [0.25, 0.3) is 5.91 Å². The van der Waals surface area contributed by atoms with Crippen molar-refractivity contribution in [2.24, 2.45) is 0 Å². The van der Waals surface area contributed by atoms with Gasteiger partial charge in [0, 0.05) is 11.6 Å². The molecule has 4 nitrogen and oxygen atoms in total. The molecule has 1 N–H and O–H groups in total. The van der Waals surface area contributed by atoms with Crippen LogP contribution in [0.3, 0.4) is 0 Å². The molecule has 0 aromatic heterocycles. The first kappa shape index (κ1) is 14.2. The SMILES string of the molecule is CC1COC(CO)CN1C(=O)c1cc(Cl)ccc1F. The smallest absolute Gasteiger partial charge is 0.257 e. The maximum Gasteiger partial charge on any atom is 0.257 e. The normalized spacial score (nSPS) is 23.5. The Morgan fingerprint density at radius 3 is 3.05 bits per heavy atom. The third-order valence-electron chi connectivity index (χ3n) is 3.13. The number of ether oxygens (including phenoxy) is 1. The van der Waals surface area contributed by atoms with Crippen LogP contribution in [0.1, 0.15) is 17.3 Å². The summed E-state index contributed by atoms with van der Waals surface area (Å²) in [6.45, 7) is 2.20. The number of morpholine rings is 1. The molecule has 0 bridgehead atoms. The third-order valence-corrected chi connectivity index (χ3v) is 3.36. The van der Waals surface area contributed by atoms with Crippen molar-refractivity contribution in [1.29, 1.82) is 0 Å². The van der Waals surface area contributed by atoms with Crippen molar-refractivity contribution in [1.82, 2.24) is 4.90 Å². The van der Waals surface area contributed by atoms with E-state index in [0.29, 0.717) is 11.6 Å². The highest BCUT2D eigenvalue weighted by atomic mass is 35.5. The maximum absolute atomic E-state index is 13.7. The molecule has 2 unspecified atom stereocenters. The van der Waals surface area contributed by atoms with Crippen LogP contribution in [0.2, 0.25) is 5.02 Å². The lowest BCUT2D eigenvalue weighted by Gasteiger charge is -2.37. The topological polar surface area (TPSA) is 49.8 Å². The molecule has 1 heterocycles. The Kier molecular flexibility index (Phi) is 4.39. The summed E-state index contributed by atoms with van der Waals surface area (Å²) in [6, 6.07) is 3.71. The van der Waals surface area contributed by atoms with Crippen LogP contribution in [0.15, 0.2) is 18.2 Å². The Morgan fingerprint density at radius 1 is 1.63 bits per heavy atom. The first-order chi connectivity index (χ1) is 9.02. The Balaban J connectivity index is 2.24. The van der Waals surface area contributed by atoms with Gasteiger partial charge in [0.15, 0.2) is 0 Å². The lowest BCUT2D eigenvalue weighted by atomic mass is 10.1. The van der Waals surface area contributed by atoms with Crippen LogP contribution in [0.5, 0.6) is 0 Å². The maximum atomic E-state index is 13.7. The summed E-state index contributed by atoms with van der Waals surface area (Å²) in [5, 5.41) is 9.40. The number of hydrogen-bond donors (Lipinski definition) is 1. The quantitative estimate of drug-likeness (QED) is 0.901. The number of halogens is 2. The largest absolute Gasteiger partial charge is 0.394 e. The molecule has 19 heavy (non-hydrogen) atoms. The van der Waals surface area contributed by atoms with Crippen LogP contribution in [-0.4, -0.2) is 47.8 Å². The van der Waals surface area contributed by atoms with Crippen LogP contribution in [-0.2, 0) is 4.74 Å². The van der Waals surface area contributed by atoms with Crippen LogP contribution in [0.25, 0.3) is 0 Å². The molecule has 1 saturated heterocycles. The Labute approximate surface area is 115 Å². The average Bonchev–Trinajstić information content (AvgIpc) is 2.41. The number of benzene rings is 1. The molecule has 2 rings (SSSR count). The zero-order chi connectivity index (χ0) is 14.0. The van der Waals surface area contributed by atoms with E-state index in [1.165, 1.54) is 23.1 Å². The molecule has 2 atom stereocenters. The van der Waals surface area contributed by atoms with Gasteiger partial charge in [0.1, 0.15) is 5.82 Å². The van der Waals surface area contributed by atoms with Gasteiger partial charge in [-0.15, -0.1) is 0 Å². The monoisotopic (exact) mass is 287 g/mol. The standard InChI is InChI=1S/C13H15ClFNO3/c1-8-7-19-10(6-17)5-16(8)13(18)11-4-9(14)2-3-12(11)15/h2-4,8,10,17H,5-7H2,1H3. The fourth-order valence-electron chi connectivity index (χ4n) is 2.03. The fraction of sp³-hybridized carbons (Fsp3) is 0.462. The molecule has 1 aliphatic rings. The molecule has 1 amide bonds. The minimum absolute atomic E-state index is 0.0575. The van der Waals surface area contributed by atoms with Crippen LogP contribution in [0, 0.1) is 5.82 Å². The molecule has 0 saturated carbocycles. The van der Waals surface area contributed by atoms with E-state index >= 15 is 0 Å². The number of hydrogen-bond acceptors (Lipinski definition) is 3. The highest BCUT2D eigenvalue weighted by Crippen LogP contribution is 2.20. The molecule has 1 fully saturated rings. The number of amides is 1. The van der Waals surface area contributed by atoms with Gasteiger partial charge in [-0.25, -0.2) is 4.39 Å². The molecule has 1 aromatic rings. The van der Waals surface area contributed by atoms with Gasteiger partial charge in [0.05, 0.1) is 30.9 Å². The molecule has 0 radical (unpaired) electrons. The van der Waals surface area contributed by atoms with Crippen molar-refractivity contribution in [3.8, 4) is 0 Å². The van der Waals surface area contributed by atoms with Crippen LogP contribution in [0.4, 0.5) is 4.39 Å². The van der Waals surface area contributed by atoms with Gasteiger partial charge < -0.3 is 14.7 Å². The Bertz CT molecular complexity index is 483. The first-order valence-electron chi connectivity index (χ1n) is 6.01. The van der Waals surface area contributed by atoms with Gasteiger partial charge in [-0.3, -0.25) is 4.79 Å². The van der Waals surface area contributed by atoms with E-state index in [1.807, 2.05) is 6.92 Å². The van der Waals surface area contributed by atoms with E-state index in [1.54, 1.807) is 0 Å². The summed E-state index contributed by atoms with van der Waals surface area (Å²) in [6.07, 6.45) is -0.428. The molecule has 0 aliphatic carbocycles. The molecule has 1 aromatic carbocycles. The minimum Gasteiger partial charge on any atom is -0.394 e. The Morgan fingerprint density at radius 2 is 2.37 bits per heavy atom. The van der Waals surface area contributed by atoms with E-state index in [4.69, 9.17) is 21.4 Å². The van der Waals surface area contributed by atoms with Crippen molar-refractivity contribution in [2.75, 3.05) is 19.8 Å². The van der Waals surface area contributed by atoms with E-state index < -0.39 is 17.8 Å². The van der Waals surface area contributed by atoms with Crippen LogP contribution < -0.4 is 0 Å². The van der Waals surface area contributed by atoms with E-state index in [-0.39, 0.29) is 24.8 Å². The highest BCUT2D eigenvalue weighted by Gasteiger charge is 2.31. The van der Waals surface area contributed by atoms with Gasteiger partial charge >= 0.3 is 0 Å². The third kappa shape index (κ3) is 3.05. The highest BCUT2D eigenvalue weighted by molar-refractivity contribution is 6.31. The zero-order valence-corrected chi connectivity index (χ0v) is 11.2. The van der Waals surface area contributed by atoms with Gasteiger partial charge in [-0.1, -0.05) is 11.6 Å². The number of nitrogens with zero attached hydrogens (tertiary/aromatic N) is 1. The summed E-state index contributed by atoms with van der Waals surface area (Å²) in [4.78, 5) is 13.8. The second-order valence-electron chi connectivity index (χ2n) is 4.57. The molecule has 1 aliphatic heterocycles. The lowest BCUT2D eigenvalue weighted by Crippen LogP contribution is -2.52. The van der Waals surface area contributed by atoms with Crippen molar-refractivity contribution < 1.29 is 19.0 Å². The van der Waals surface area contributed by atoms with Crippen molar-refractivity contribution in [3.05, 3.63) is 34.6 Å². The summed E-state index contributed by atoms with van der Waals surface area (Å²) < 4.78 is 19.0. The molecular formula is C13H15ClFNO3. The summed E-state index contributed by atoms with van der Waals surface area (Å²) >= 11 is 5.79. The number of carbonyl (C=O) groups excluding carboxylic acids is 1. The van der Waals surface area contributed by atoms with Crippen LogP contribution >= 0.6 is 11.6 Å². The molecule has 0 spiro atoms. The first-order valence-corrected chi connectivity index (χ1v) is 6.39. The van der Waals surface area contributed by atoms with Gasteiger partial charge in [-0.05, 0) is 25.1 Å². The molecular weight excluding hydrogens is 273 g/mol. The van der Waals surface area contributed by atoms with E-state index in [9.17, 15) is 9.18 Å². The van der Waals surface area contributed by atoms with Crippen molar-refractivity contribution in [3.63, 3.8) is 0 Å². The second-order valence-corrected chi connectivity index (χ2v) is 5.01. The number of aliphatic hydroxyl groups excluding tert-OH is 1.